The molecule has 0 saturated carbocycles. The Bertz CT molecular complexity index is 1520. The average molecular weight is 568 g/mol. The number of piperidine rings is 1. The number of aromatic amines is 1. The minimum Gasteiger partial charge on any atom is -0.497 e. The molecule has 42 heavy (non-hydrogen) atoms. The molecule has 2 heterocycles. The van der Waals surface area contributed by atoms with Gasteiger partial charge in [-0.3, -0.25) is 4.79 Å². The van der Waals surface area contributed by atoms with Crippen molar-refractivity contribution in [3.63, 3.8) is 0 Å². The Morgan fingerprint density at radius 1 is 1.02 bits per heavy atom. The molecule has 3 amide bonds. The fraction of sp³-hybridized carbons (Fsp3) is 0.353. The third kappa shape index (κ3) is 6.77. The molecule has 4 aromatic rings. The summed E-state index contributed by atoms with van der Waals surface area (Å²) in [5.74, 6) is 0.696. The van der Waals surface area contributed by atoms with Crippen molar-refractivity contribution in [2.24, 2.45) is 0 Å². The number of benzene rings is 3. The van der Waals surface area contributed by atoms with Gasteiger partial charge in [-0.05, 0) is 79.9 Å². The minimum atomic E-state index is -0.773. The molecule has 0 unspecified atom stereocenters. The second kappa shape index (κ2) is 13.1. The normalized spacial score (nSPS) is 15.4. The third-order valence-electron chi connectivity index (χ3n) is 8.21. The minimum absolute atomic E-state index is 0.215. The lowest BCUT2D eigenvalue weighted by molar-refractivity contribution is -0.118. The van der Waals surface area contributed by atoms with Crippen LogP contribution in [0.15, 0.2) is 79.0 Å². The van der Waals surface area contributed by atoms with Crippen LogP contribution < -0.4 is 15.4 Å². The monoisotopic (exact) mass is 567 g/mol. The average Bonchev–Trinajstić information content (AvgIpc) is 3.43. The molecule has 0 aliphatic carbocycles. The number of anilines is 1. The first-order valence-corrected chi connectivity index (χ1v) is 14.6. The number of ether oxygens (including phenoxy) is 1. The Balaban J connectivity index is 1.33. The maximum absolute atomic E-state index is 13.9. The highest BCUT2D eigenvalue weighted by Gasteiger charge is 2.32. The summed E-state index contributed by atoms with van der Waals surface area (Å²) in [6, 6.07) is 23.1. The van der Waals surface area contributed by atoms with E-state index in [1.165, 1.54) is 5.56 Å². The van der Waals surface area contributed by atoms with Gasteiger partial charge in [0.2, 0.25) is 5.91 Å². The zero-order chi connectivity index (χ0) is 29.6. The summed E-state index contributed by atoms with van der Waals surface area (Å²) in [6.45, 7) is 4.01. The maximum atomic E-state index is 13.9. The van der Waals surface area contributed by atoms with E-state index in [9.17, 15) is 9.59 Å². The van der Waals surface area contributed by atoms with Gasteiger partial charge in [0, 0.05) is 48.3 Å². The number of H-pyrrole nitrogens is 1. The predicted molar refractivity (Wildman–Crippen MR) is 168 cm³/mol. The molecule has 1 aliphatic heterocycles. The lowest BCUT2D eigenvalue weighted by Crippen LogP contribution is -2.53. The number of likely N-dealkylation sites (tertiary alicyclic amines) is 1. The zero-order valence-electron chi connectivity index (χ0n) is 24.9. The summed E-state index contributed by atoms with van der Waals surface area (Å²) in [5.41, 5.74) is 5.03. The van der Waals surface area contributed by atoms with Crippen molar-refractivity contribution in [2.45, 2.75) is 44.2 Å². The Morgan fingerprint density at radius 3 is 2.55 bits per heavy atom. The van der Waals surface area contributed by atoms with E-state index in [-0.39, 0.29) is 17.9 Å². The molecule has 8 nitrogen and oxygen atoms in total. The molecule has 1 saturated heterocycles. The predicted octanol–water partition coefficient (Wildman–Crippen LogP) is 5.94. The van der Waals surface area contributed by atoms with Gasteiger partial charge in [0.1, 0.15) is 11.8 Å². The van der Waals surface area contributed by atoms with E-state index >= 15 is 0 Å². The van der Waals surface area contributed by atoms with Crippen LogP contribution >= 0.6 is 0 Å². The summed E-state index contributed by atoms with van der Waals surface area (Å²) in [5, 5.41) is 7.24. The van der Waals surface area contributed by atoms with Crippen LogP contribution in [0.1, 0.15) is 48.3 Å². The van der Waals surface area contributed by atoms with Crippen LogP contribution in [-0.2, 0) is 11.3 Å². The molecule has 2 atom stereocenters. The van der Waals surface area contributed by atoms with Crippen molar-refractivity contribution < 1.29 is 14.3 Å². The van der Waals surface area contributed by atoms with Crippen molar-refractivity contribution in [3.05, 3.63) is 95.7 Å². The maximum Gasteiger partial charge on any atom is 0.318 e. The highest BCUT2D eigenvalue weighted by atomic mass is 16.5. The first kappa shape index (κ1) is 29.2. The van der Waals surface area contributed by atoms with E-state index < -0.39 is 6.04 Å². The summed E-state index contributed by atoms with van der Waals surface area (Å²) >= 11 is 0. The van der Waals surface area contributed by atoms with Crippen LogP contribution in [-0.4, -0.2) is 67.1 Å². The molecule has 1 aromatic heterocycles. The molecule has 3 aromatic carbocycles. The number of carbonyl (C=O) groups excluding carboxylic acids is 2. The van der Waals surface area contributed by atoms with Crippen molar-refractivity contribution in [1.29, 1.82) is 0 Å². The van der Waals surface area contributed by atoms with Gasteiger partial charge in [0.25, 0.3) is 0 Å². The molecule has 0 radical (unpaired) electrons. The Labute approximate surface area is 248 Å². The number of nitrogens with one attached hydrogen (secondary N) is 3. The molecule has 0 spiro atoms. The zero-order valence-corrected chi connectivity index (χ0v) is 24.9. The number of hydrogen-bond donors (Lipinski definition) is 3. The van der Waals surface area contributed by atoms with E-state index in [2.05, 4.69) is 32.7 Å². The SMILES string of the molecule is COc1cccc(C2CCN(C(=O)N[C@@H](C(=O)Nc3cccc(CN(C)C)c3)[C@@H](C)c3c[nH]c4ccccc34)CC2)c1. The quantitative estimate of drug-likeness (QED) is 0.234. The number of amides is 3. The van der Waals surface area contributed by atoms with Crippen LogP contribution in [0.3, 0.4) is 0 Å². The van der Waals surface area contributed by atoms with Gasteiger partial charge in [-0.1, -0.05) is 49.4 Å². The fourth-order valence-corrected chi connectivity index (χ4v) is 5.94. The lowest BCUT2D eigenvalue weighted by Gasteiger charge is -2.34. The van der Waals surface area contributed by atoms with Crippen molar-refractivity contribution in [2.75, 3.05) is 39.6 Å². The fourth-order valence-electron chi connectivity index (χ4n) is 5.94. The Kier molecular flexibility index (Phi) is 9.12. The van der Waals surface area contributed by atoms with Crippen molar-refractivity contribution >= 4 is 28.5 Å². The second-order valence-corrected chi connectivity index (χ2v) is 11.5. The van der Waals surface area contributed by atoms with Gasteiger partial charge >= 0.3 is 6.03 Å². The van der Waals surface area contributed by atoms with Crippen molar-refractivity contribution in [1.82, 2.24) is 20.1 Å². The molecular weight excluding hydrogens is 526 g/mol. The van der Waals surface area contributed by atoms with Gasteiger partial charge < -0.3 is 30.2 Å². The molecule has 220 valence electrons. The Hall–Kier alpha value is -4.30. The topological polar surface area (TPSA) is 89.7 Å². The van der Waals surface area contributed by atoms with Crippen LogP contribution in [0.5, 0.6) is 5.75 Å². The number of aromatic nitrogens is 1. The van der Waals surface area contributed by atoms with Crippen LogP contribution in [0.25, 0.3) is 10.9 Å². The second-order valence-electron chi connectivity index (χ2n) is 11.5. The molecule has 1 fully saturated rings. The van der Waals surface area contributed by atoms with Crippen LogP contribution in [0.4, 0.5) is 10.5 Å². The number of rotatable bonds is 9. The standard InChI is InChI=1S/C34H41N5O3/c1-23(30-21-35-31-14-6-5-13-29(30)31)32(33(40)36-27-11-7-9-24(19-27)22-38(2)3)37-34(41)39-17-15-25(16-18-39)26-10-8-12-28(20-26)42-4/h5-14,19-21,23,25,32,35H,15-18,22H2,1-4H3,(H,36,40)(H,37,41)/t23-,32+/m0/s1. The first-order valence-electron chi connectivity index (χ1n) is 14.6. The molecule has 8 heteroatoms. The third-order valence-corrected chi connectivity index (χ3v) is 8.21. The molecule has 3 N–H and O–H groups in total. The van der Waals surface area contributed by atoms with E-state index in [0.29, 0.717) is 24.7 Å². The number of para-hydroxylation sites is 1. The summed E-state index contributed by atoms with van der Waals surface area (Å²) in [7, 11) is 5.70. The van der Waals surface area contributed by atoms with Gasteiger partial charge in [0.15, 0.2) is 0 Å². The smallest absolute Gasteiger partial charge is 0.318 e. The van der Waals surface area contributed by atoms with Gasteiger partial charge in [-0.2, -0.15) is 0 Å². The van der Waals surface area contributed by atoms with Crippen molar-refractivity contribution in [3.8, 4) is 5.75 Å². The summed E-state index contributed by atoms with van der Waals surface area (Å²) in [4.78, 5) is 34.7. The molecular formula is C34H41N5O3. The molecule has 1 aliphatic rings. The van der Waals surface area contributed by atoms with Gasteiger partial charge in [-0.15, -0.1) is 0 Å². The number of urea groups is 1. The summed E-state index contributed by atoms with van der Waals surface area (Å²) in [6.07, 6.45) is 3.65. The number of methoxy groups -OCH3 is 1. The first-order chi connectivity index (χ1) is 20.3. The lowest BCUT2D eigenvalue weighted by atomic mass is 9.89. The number of fused-ring (bicyclic) bond motifs is 1. The van der Waals surface area contributed by atoms with Crippen LogP contribution in [0, 0.1) is 0 Å². The van der Waals surface area contributed by atoms with Gasteiger partial charge in [0.05, 0.1) is 7.11 Å². The van der Waals surface area contributed by atoms with E-state index in [1.54, 1.807) is 7.11 Å². The van der Waals surface area contributed by atoms with E-state index in [0.717, 1.165) is 47.2 Å². The summed E-state index contributed by atoms with van der Waals surface area (Å²) < 4.78 is 5.40. The number of nitrogens with zero attached hydrogens (tertiary/aromatic N) is 2. The largest absolute Gasteiger partial charge is 0.497 e. The molecule has 5 rings (SSSR count). The van der Waals surface area contributed by atoms with Crippen LogP contribution in [0.2, 0.25) is 0 Å². The van der Waals surface area contributed by atoms with Gasteiger partial charge in [-0.25, -0.2) is 4.79 Å². The van der Waals surface area contributed by atoms with E-state index in [1.807, 2.05) is 92.8 Å². The highest BCUT2D eigenvalue weighted by molar-refractivity contribution is 5.98. The number of hydrogen-bond acceptors (Lipinski definition) is 4. The van der Waals surface area contributed by atoms with E-state index in [4.69, 9.17) is 4.74 Å². The Morgan fingerprint density at radius 2 is 1.79 bits per heavy atom. The molecule has 0 bridgehead atoms. The highest BCUT2D eigenvalue weighted by Crippen LogP contribution is 2.31. The number of carbonyl (C=O) groups is 2.